The fraction of sp³-hybridized carbons (Fsp3) is 0.429. The van der Waals surface area contributed by atoms with Crippen LogP contribution in [0.4, 0.5) is 0 Å². The van der Waals surface area contributed by atoms with E-state index in [9.17, 15) is 4.79 Å². The molecule has 1 N–H and O–H groups in total. The average Bonchev–Trinajstić information content (AvgIpc) is 2.04. The molecular formula is C7H10N2O2. The fourth-order valence-electron chi connectivity index (χ4n) is 0.719. The van der Waals surface area contributed by atoms with E-state index in [1.165, 1.54) is 6.07 Å². The van der Waals surface area contributed by atoms with Gasteiger partial charge >= 0.3 is 0 Å². The van der Waals surface area contributed by atoms with Gasteiger partial charge in [0.25, 0.3) is 5.56 Å². The van der Waals surface area contributed by atoms with Crippen molar-refractivity contribution in [3.63, 3.8) is 0 Å². The summed E-state index contributed by atoms with van der Waals surface area (Å²) in [5.74, 6) is 0. The minimum atomic E-state index is -0.175. The summed E-state index contributed by atoms with van der Waals surface area (Å²) in [6.07, 6.45) is 0.729. The van der Waals surface area contributed by atoms with Gasteiger partial charge in [-0.3, -0.25) is 4.79 Å². The number of methoxy groups -OCH3 is 1. The number of aromatic amines is 1. The van der Waals surface area contributed by atoms with Crippen molar-refractivity contribution in [1.82, 2.24) is 10.2 Å². The lowest BCUT2D eigenvalue weighted by molar-refractivity contribution is 0.201. The Balaban J connectivity index is 2.59. The van der Waals surface area contributed by atoms with E-state index in [0.29, 0.717) is 6.61 Å². The maximum absolute atomic E-state index is 10.5. The number of H-pyrrole nitrogens is 1. The predicted octanol–water partition coefficient (Wildman–Crippen LogP) is -0.0412. The summed E-state index contributed by atoms with van der Waals surface area (Å²) in [4.78, 5) is 10.5. The SMILES string of the molecule is COCCc1ccc(=O)[nH]n1. The highest BCUT2D eigenvalue weighted by atomic mass is 16.5. The lowest BCUT2D eigenvalue weighted by Gasteiger charge is -1.96. The first kappa shape index (κ1) is 7.94. The number of hydrogen-bond acceptors (Lipinski definition) is 3. The Morgan fingerprint density at radius 1 is 1.64 bits per heavy atom. The summed E-state index contributed by atoms with van der Waals surface area (Å²) < 4.78 is 4.84. The van der Waals surface area contributed by atoms with Gasteiger partial charge in [-0.25, -0.2) is 5.10 Å². The molecule has 60 valence electrons. The summed E-state index contributed by atoms with van der Waals surface area (Å²) in [5.41, 5.74) is 0.664. The van der Waals surface area contributed by atoms with Gasteiger partial charge in [0.2, 0.25) is 0 Å². The third-order valence-corrected chi connectivity index (χ3v) is 1.30. The van der Waals surface area contributed by atoms with Crippen LogP contribution in [0.5, 0.6) is 0 Å². The molecule has 0 saturated carbocycles. The van der Waals surface area contributed by atoms with Gasteiger partial charge in [-0.15, -0.1) is 0 Å². The summed E-state index contributed by atoms with van der Waals surface area (Å²) in [7, 11) is 1.63. The molecule has 0 aromatic carbocycles. The van der Waals surface area contributed by atoms with Crippen molar-refractivity contribution in [2.45, 2.75) is 6.42 Å². The maximum Gasteiger partial charge on any atom is 0.264 e. The summed E-state index contributed by atoms with van der Waals surface area (Å²) in [6, 6.07) is 3.15. The number of nitrogens with zero attached hydrogens (tertiary/aromatic N) is 1. The van der Waals surface area contributed by atoms with Crippen LogP contribution < -0.4 is 5.56 Å². The zero-order valence-corrected chi connectivity index (χ0v) is 6.33. The monoisotopic (exact) mass is 154 g/mol. The molecule has 1 aromatic heterocycles. The minimum absolute atomic E-state index is 0.175. The molecular weight excluding hydrogens is 144 g/mol. The molecule has 1 rings (SSSR count). The summed E-state index contributed by atoms with van der Waals surface area (Å²) >= 11 is 0. The predicted molar refractivity (Wildman–Crippen MR) is 40.4 cm³/mol. The highest BCUT2D eigenvalue weighted by molar-refractivity contribution is 4.99. The van der Waals surface area contributed by atoms with Gasteiger partial charge in [-0.05, 0) is 6.07 Å². The van der Waals surface area contributed by atoms with Crippen LogP contribution in [0.2, 0.25) is 0 Å². The molecule has 0 unspecified atom stereocenters. The molecule has 0 aliphatic carbocycles. The van der Waals surface area contributed by atoms with Crippen molar-refractivity contribution < 1.29 is 4.74 Å². The van der Waals surface area contributed by atoms with Crippen molar-refractivity contribution in [2.75, 3.05) is 13.7 Å². The molecule has 0 atom stereocenters. The second-order valence-electron chi connectivity index (χ2n) is 2.16. The van der Waals surface area contributed by atoms with E-state index < -0.39 is 0 Å². The molecule has 0 fully saturated rings. The Morgan fingerprint density at radius 3 is 3.00 bits per heavy atom. The Hall–Kier alpha value is -1.16. The molecule has 0 aliphatic heterocycles. The van der Waals surface area contributed by atoms with Gasteiger partial charge in [0.05, 0.1) is 12.3 Å². The summed E-state index contributed by atoms with van der Waals surface area (Å²) in [5, 5.41) is 6.15. The molecule has 11 heavy (non-hydrogen) atoms. The van der Waals surface area contributed by atoms with Crippen LogP contribution in [-0.2, 0) is 11.2 Å². The maximum atomic E-state index is 10.5. The number of aromatic nitrogens is 2. The molecule has 0 radical (unpaired) electrons. The Labute approximate surface area is 64.2 Å². The van der Waals surface area contributed by atoms with Crippen LogP contribution in [0.1, 0.15) is 5.69 Å². The van der Waals surface area contributed by atoms with E-state index in [2.05, 4.69) is 10.2 Å². The van der Waals surface area contributed by atoms with Crippen LogP contribution in [0.25, 0.3) is 0 Å². The number of hydrogen-bond donors (Lipinski definition) is 1. The number of ether oxygens (including phenoxy) is 1. The Kier molecular flexibility index (Phi) is 2.80. The molecule has 0 aliphatic rings. The smallest absolute Gasteiger partial charge is 0.264 e. The molecule has 1 aromatic rings. The van der Waals surface area contributed by atoms with E-state index in [4.69, 9.17) is 4.74 Å². The van der Waals surface area contributed by atoms with Crippen LogP contribution in [-0.4, -0.2) is 23.9 Å². The van der Waals surface area contributed by atoms with Crippen molar-refractivity contribution in [2.24, 2.45) is 0 Å². The quantitative estimate of drug-likeness (QED) is 0.664. The second-order valence-corrected chi connectivity index (χ2v) is 2.16. The largest absolute Gasteiger partial charge is 0.384 e. The van der Waals surface area contributed by atoms with Gasteiger partial charge < -0.3 is 4.74 Å². The lowest BCUT2D eigenvalue weighted by atomic mass is 10.3. The Morgan fingerprint density at radius 2 is 2.45 bits per heavy atom. The van der Waals surface area contributed by atoms with Crippen molar-refractivity contribution >= 4 is 0 Å². The number of rotatable bonds is 3. The number of nitrogens with one attached hydrogen (secondary N) is 1. The van der Waals surface area contributed by atoms with E-state index in [1.807, 2.05) is 0 Å². The molecule has 1 heterocycles. The van der Waals surface area contributed by atoms with Crippen LogP contribution in [0.15, 0.2) is 16.9 Å². The van der Waals surface area contributed by atoms with E-state index in [-0.39, 0.29) is 5.56 Å². The average molecular weight is 154 g/mol. The normalized spacial score (nSPS) is 9.91. The first-order valence-electron chi connectivity index (χ1n) is 3.36. The zero-order valence-electron chi connectivity index (χ0n) is 6.33. The first-order chi connectivity index (χ1) is 5.33. The standard InChI is InChI=1S/C7H10N2O2/c1-11-5-4-6-2-3-7(10)9-8-6/h2-3H,4-5H2,1H3,(H,9,10). The van der Waals surface area contributed by atoms with Crippen molar-refractivity contribution in [1.29, 1.82) is 0 Å². The molecule has 0 amide bonds. The minimum Gasteiger partial charge on any atom is -0.384 e. The zero-order chi connectivity index (χ0) is 8.10. The molecule has 0 saturated heterocycles. The summed E-state index contributed by atoms with van der Waals surface area (Å²) in [6.45, 7) is 0.624. The highest BCUT2D eigenvalue weighted by Gasteiger charge is 1.92. The molecule has 4 nitrogen and oxygen atoms in total. The van der Waals surface area contributed by atoms with E-state index >= 15 is 0 Å². The Bertz CT molecular complexity index is 249. The second kappa shape index (κ2) is 3.88. The van der Waals surface area contributed by atoms with Crippen LogP contribution in [0.3, 0.4) is 0 Å². The van der Waals surface area contributed by atoms with E-state index in [0.717, 1.165) is 12.1 Å². The fourth-order valence-corrected chi connectivity index (χ4v) is 0.719. The van der Waals surface area contributed by atoms with Crippen LogP contribution in [0, 0.1) is 0 Å². The molecule has 0 spiro atoms. The van der Waals surface area contributed by atoms with E-state index in [1.54, 1.807) is 13.2 Å². The topological polar surface area (TPSA) is 55.0 Å². The third-order valence-electron chi connectivity index (χ3n) is 1.30. The van der Waals surface area contributed by atoms with Gasteiger partial charge in [0.1, 0.15) is 0 Å². The van der Waals surface area contributed by atoms with Crippen LogP contribution >= 0.6 is 0 Å². The lowest BCUT2D eigenvalue weighted by Crippen LogP contribution is -2.08. The third kappa shape index (κ3) is 2.51. The van der Waals surface area contributed by atoms with Gasteiger partial charge in [0, 0.05) is 19.6 Å². The highest BCUT2D eigenvalue weighted by Crippen LogP contribution is 1.89. The van der Waals surface area contributed by atoms with Gasteiger partial charge in [-0.2, -0.15) is 5.10 Å². The van der Waals surface area contributed by atoms with Crippen molar-refractivity contribution in [3.8, 4) is 0 Å². The van der Waals surface area contributed by atoms with Gasteiger partial charge in [0.15, 0.2) is 0 Å². The first-order valence-corrected chi connectivity index (χ1v) is 3.36. The molecule has 0 bridgehead atoms. The van der Waals surface area contributed by atoms with Gasteiger partial charge in [-0.1, -0.05) is 0 Å². The molecule has 4 heteroatoms. The van der Waals surface area contributed by atoms with Crippen molar-refractivity contribution in [3.05, 3.63) is 28.2 Å².